The molecule has 3 nitrogen and oxygen atoms in total. The number of hydrogen-bond donors (Lipinski definition) is 1. The first-order chi connectivity index (χ1) is 9.24. The average molecular weight is 273 g/mol. The van der Waals surface area contributed by atoms with Gasteiger partial charge in [-0.25, -0.2) is 0 Å². The summed E-state index contributed by atoms with van der Waals surface area (Å²) in [6.07, 6.45) is 0.594. The van der Waals surface area contributed by atoms with Crippen molar-refractivity contribution in [1.82, 2.24) is 4.90 Å². The van der Waals surface area contributed by atoms with Gasteiger partial charge < -0.3 is 5.11 Å². The zero-order valence-corrected chi connectivity index (χ0v) is 11.3. The number of rotatable bonds is 3. The van der Waals surface area contributed by atoms with E-state index in [9.17, 15) is 9.90 Å². The molecule has 0 bridgehead atoms. The number of carboxylic acid groups (broad SMARTS) is 1. The molecule has 4 heteroatoms. The van der Waals surface area contributed by atoms with Crippen LogP contribution < -0.4 is 0 Å². The zero-order valence-electron chi connectivity index (χ0n) is 10.5. The molecule has 1 aromatic heterocycles. The summed E-state index contributed by atoms with van der Waals surface area (Å²) in [5, 5.41) is 11.5. The minimum atomic E-state index is -0.731. The van der Waals surface area contributed by atoms with Gasteiger partial charge in [0.05, 0.1) is 0 Å². The molecule has 1 N–H and O–H groups in total. The van der Waals surface area contributed by atoms with E-state index in [-0.39, 0.29) is 0 Å². The van der Waals surface area contributed by atoms with Crippen molar-refractivity contribution >= 4 is 17.3 Å². The number of nitrogens with zero attached hydrogens (tertiary/aromatic N) is 1. The van der Waals surface area contributed by atoms with Gasteiger partial charge in [0, 0.05) is 18.0 Å². The molecular weight excluding hydrogens is 258 g/mol. The summed E-state index contributed by atoms with van der Waals surface area (Å²) in [4.78, 5) is 14.7. The highest BCUT2D eigenvalue weighted by Crippen LogP contribution is 2.26. The van der Waals surface area contributed by atoms with Crippen molar-refractivity contribution in [2.75, 3.05) is 0 Å². The van der Waals surface area contributed by atoms with E-state index in [0.29, 0.717) is 19.5 Å². The predicted octanol–water partition coefficient (Wildman–Crippen LogP) is 2.76. The minimum Gasteiger partial charge on any atom is -0.480 e. The summed E-state index contributed by atoms with van der Waals surface area (Å²) in [5.41, 5.74) is 2.41. The number of aliphatic carboxylic acids is 1. The Hall–Kier alpha value is -1.65. The maximum absolute atomic E-state index is 11.5. The third-order valence-electron chi connectivity index (χ3n) is 3.57. The Balaban J connectivity index is 1.87. The SMILES string of the molecule is O=C(O)C1Cc2ccccc2CN1Cc1cccs1. The van der Waals surface area contributed by atoms with Crippen molar-refractivity contribution < 1.29 is 9.90 Å². The quantitative estimate of drug-likeness (QED) is 0.935. The van der Waals surface area contributed by atoms with Crippen LogP contribution in [0.4, 0.5) is 0 Å². The number of thiophene rings is 1. The lowest BCUT2D eigenvalue weighted by Gasteiger charge is -2.34. The van der Waals surface area contributed by atoms with E-state index < -0.39 is 12.0 Å². The molecule has 1 aromatic carbocycles. The fourth-order valence-electron chi connectivity index (χ4n) is 2.59. The highest BCUT2D eigenvalue weighted by atomic mass is 32.1. The van der Waals surface area contributed by atoms with Crippen LogP contribution in [0.3, 0.4) is 0 Å². The summed E-state index contributed by atoms with van der Waals surface area (Å²) in [7, 11) is 0. The maximum Gasteiger partial charge on any atom is 0.321 e. The molecule has 1 aliphatic rings. The summed E-state index contributed by atoms with van der Waals surface area (Å²) in [6.45, 7) is 1.42. The van der Waals surface area contributed by atoms with Gasteiger partial charge in [-0.2, -0.15) is 0 Å². The second kappa shape index (κ2) is 5.15. The molecule has 19 heavy (non-hydrogen) atoms. The van der Waals surface area contributed by atoms with E-state index in [1.54, 1.807) is 11.3 Å². The predicted molar refractivity (Wildman–Crippen MR) is 75.1 cm³/mol. The molecule has 0 spiro atoms. The Bertz CT molecular complexity index is 580. The minimum absolute atomic E-state index is 0.419. The lowest BCUT2D eigenvalue weighted by molar-refractivity contribution is -0.144. The van der Waals surface area contributed by atoms with Gasteiger partial charge in [0.15, 0.2) is 0 Å². The zero-order chi connectivity index (χ0) is 13.2. The van der Waals surface area contributed by atoms with Crippen molar-refractivity contribution in [3.63, 3.8) is 0 Å². The molecule has 0 saturated heterocycles. The Morgan fingerprint density at radius 1 is 1.26 bits per heavy atom. The van der Waals surface area contributed by atoms with E-state index in [2.05, 4.69) is 17.0 Å². The topological polar surface area (TPSA) is 40.5 Å². The maximum atomic E-state index is 11.5. The Kier molecular flexibility index (Phi) is 3.36. The lowest BCUT2D eigenvalue weighted by Crippen LogP contribution is -2.44. The number of benzene rings is 1. The Morgan fingerprint density at radius 2 is 2.05 bits per heavy atom. The lowest BCUT2D eigenvalue weighted by atomic mass is 9.94. The molecule has 0 fully saturated rings. The van der Waals surface area contributed by atoms with Gasteiger partial charge in [0.2, 0.25) is 0 Å². The summed E-state index contributed by atoms with van der Waals surface area (Å²) in [5.74, 6) is -0.731. The van der Waals surface area contributed by atoms with E-state index in [1.165, 1.54) is 10.4 Å². The van der Waals surface area contributed by atoms with Crippen molar-refractivity contribution in [3.05, 3.63) is 57.8 Å². The van der Waals surface area contributed by atoms with Gasteiger partial charge >= 0.3 is 5.97 Å². The van der Waals surface area contributed by atoms with Gasteiger partial charge in [-0.3, -0.25) is 9.69 Å². The first kappa shape index (κ1) is 12.4. The van der Waals surface area contributed by atoms with Crippen LogP contribution in [0.2, 0.25) is 0 Å². The smallest absolute Gasteiger partial charge is 0.321 e. The molecule has 0 aliphatic carbocycles. The van der Waals surface area contributed by atoms with Crippen LogP contribution in [0.25, 0.3) is 0 Å². The van der Waals surface area contributed by atoms with Crippen LogP contribution in [0.15, 0.2) is 41.8 Å². The number of carbonyl (C=O) groups is 1. The second-order valence-corrected chi connectivity index (χ2v) is 5.84. The summed E-state index contributed by atoms with van der Waals surface area (Å²) < 4.78 is 0. The van der Waals surface area contributed by atoms with Crippen LogP contribution >= 0.6 is 11.3 Å². The fraction of sp³-hybridized carbons (Fsp3) is 0.267. The first-order valence-electron chi connectivity index (χ1n) is 6.30. The molecule has 1 unspecified atom stereocenters. The molecule has 2 aromatic rings. The molecule has 98 valence electrons. The third-order valence-corrected chi connectivity index (χ3v) is 4.43. The summed E-state index contributed by atoms with van der Waals surface area (Å²) in [6, 6.07) is 11.8. The Morgan fingerprint density at radius 3 is 2.74 bits per heavy atom. The largest absolute Gasteiger partial charge is 0.480 e. The monoisotopic (exact) mass is 273 g/mol. The molecule has 2 heterocycles. The van der Waals surface area contributed by atoms with Gasteiger partial charge in [0.25, 0.3) is 0 Å². The number of hydrogen-bond acceptors (Lipinski definition) is 3. The van der Waals surface area contributed by atoms with Crippen molar-refractivity contribution in [1.29, 1.82) is 0 Å². The normalized spacial score (nSPS) is 19.1. The second-order valence-electron chi connectivity index (χ2n) is 4.81. The van der Waals surface area contributed by atoms with Crippen LogP contribution in [0.5, 0.6) is 0 Å². The van der Waals surface area contributed by atoms with E-state index in [4.69, 9.17) is 0 Å². The summed E-state index contributed by atoms with van der Waals surface area (Å²) >= 11 is 1.68. The van der Waals surface area contributed by atoms with E-state index >= 15 is 0 Å². The van der Waals surface area contributed by atoms with Gasteiger partial charge in [0.1, 0.15) is 6.04 Å². The molecule has 1 atom stereocenters. The molecule has 0 radical (unpaired) electrons. The molecular formula is C15H15NO2S. The highest BCUT2D eigenvalue weighted by Gasteiger charge is 2.31. The first-order valence-corrected chi connectivity index (χ1v) is 7.18. The van der Waals surface area contributed by atoms with Crippen LogP contribution in [-0.4, -0.2) is 22.0 Å². The van der Waals surface area contributed by atoms with Gasteiger partial charge in [-0.05, 0) is 29.0 Å². The van der Waals surface area contributed by atoms with Crippen LogP contribution in [0, 0.1) is 0 Å². The number of carboxylic acids is 1. The third kappa shape index (κ3) is 2.55. The molecule has 0 amide bonds. The van der Waals surface area contributed by atoms with E-state index in [0.717, 1.165) is 5.56 Å². The standard InChI is InChI=1S/C15H15NO2S/c17-15(18)14-8-11-4-1-2-5-12(11)9-16(14)10-13-6-3-7-19-13/h1-7,14H,8-10H2,(H,17,18). The van der Waals surface area contributed by atoms with E-state index in [1.807, 2.05) is 29.6 Å². The van der Waals surface area contributed by atoms with Crippen molar-refractivity contribution in [3.8, 4) is 0 Å². The molecule has 1 aliphatic heterocycles. The van der Waals surface area contributed by atoms with Crippen LogP contribution in [-0.2, 0) is 24.3 Å². The van der Waals surface area contributed by atoms with Crippen LogP contribution in [0.1, 0.15) is 16.0 Å². The van der Waals surface area contributed by atoms with Gasteiger partial charge in [-0.15, -0.1) is 11.3 Å². The Labute approximate surface area is 116 Å². The molecule has 0 saturated carbocycles. The average Bonchev–Trinajstić information content (AvgIpc) is 2.90. The fourth-order valence-corrected chi connectivity index (χ4v) is 3.32. The van der Waals surface area contributed by atoms with Gasteiger partial charge in [-0.1, -0.05) is 30.3 Å². The van der Waals surface area contributed by atoms with Crippen molar-refractivity contribution in [2.45, 2.75) is 25.6 Å². The highest BCUT2D eigenvalue weighted by molar-refractivity contribution is 7.09. The number of fused-ring (bicyclic) bond motifs is 1. The van der Waals surface area contributed by atoms with Crippen molar-refractivity contribution in [2.24, 2.45) is 0 Å². The molecule has 3 rings (SSSR count).